The summed E-state index contributed by atoms with van der Waals surface area (Å²) in [7, 11) is 0. The Labute approximate surface area is 191 Å². The van der Waals surface area contributed by atoms with Gasteiger partial charge in [0.15, 0.2) is 0 Å². The summed E-state index contributed by atoms with van der Waals surface area (Å²) in [6.45, 7) is 4.21. The summed E-state index contributed by atoms with van der Waals surface area (Å²) in [5, 5.41) is 15.0. The van der Waals surface area contributed by atoms with Gasteiger partial charge in [0.05, 0.1) is 12.2 Å². The van der Waals surface area contributed by atoms with Gasteiger partial charge in [0.25, 0.3) is 5.91 Å². The molecule has 5 nitrogen and oxygen atoms in total. The molecule has 32 heavy (non-hydrogen) atoms. The molecule has 1 aromatic heterocycles. The van der Waals surface area contributed by atoms with Gasteiger partial charge >= 0.3 is 5.97 Å². The van der Waals surface area contributed by atoms with Gasteiger partial charge in [-0.1, -0.05) is 49.4 Å². The van der Waals surface area contributed by atoms with Crippen LogP contribution in [0.2, 0.25) is 0 Å². The molecule has 2 aromatic carbocycles. The molecule has 1 unspecified atom stereocenters. The Morgan fingerprint density at radius 3 is 2.81 bits per heavy atom. The lowest BCUT2D eigenvalue weighted by molar-refractivity contribution is -0.112. The van der Waals surface area contributed by atoms with Gasteiger partial charge in [-0.05, 0) is 60.1 Å². The standard InChI is InChI=1S/C26H24N2O3S/c1-3-31-26(30)23-21-12-11-16(2)13-22(21)32-25(23)28-24(29)19(15-27)14-18-9-6-8-17-7-4-5-10-20(17)18/h4-10,14,16H,3,11-13H2,1-2H3,(H,28,29)/b19-14+. The number of carbonyl (C=O) groups is 2. The monoisotopic (exact) mass is 444 g/mol. The van der Waals surface area contributed by atoms with Crippen molar-refractivity contribution in [3.63, 3.8) is 0 Å². The smallest absolute Gasteiger partial charge is 0.341 e. The first-order valence-corrected chi connectivity index (χ1v) is 11.6. The van der Waals surface area contributed by atoms with Crippen LogP contribution in [0.3, 0.4) is 0 Å². The van der Waals surface area contributed by atoms with Crippen molar-refractivity contribution in [1.29, 1.82) is 5.26 Å². The molecule has 0 saturated carbocycles. The zero-order valence-corrected chi connectivity index (χ0v) is 18.9. The highest BCUT2D eigenvalue weighted by Crippen LogP contribution is 2.40. The number of esters is 1. The predicted molar refractivity (Wildman–Crippen MR) is 128 cm³/mol. The summed E-state index contributed by atoms with van der Waals surface area (Å²) < 4.78 is 5.27. The highest BCUT2D eigenvalue weighted by molar-refractivity contribution is 7.17. The average molecular weight is 445 g/mol. The molecule has 3 aromatic rings. The number of hydrogen-bond acceptors (Lipinski definition) is 5. The van der Waals surface area contributed by atoms with Crippen molar-refractivity contribution in [2.24, 2.45) is 5.92 Å². The molecule has 0 fully saturated rings. The molecule has 6 heteroatoms. The fraction of sp³-hybridized carbons (Fsp3) is 0.269. The molecule has 0 radical (unpaired) electrons. The van der Waals surface area contributed by atoms with Crippen LogP contribution in [0, 0.1) is 17.2 Å². The Balaban J connectivity index is 1.69. The molecule has 162 valence electrons. The van der Waals surface area contributed by atoms with E-state index in [2.05, 4.69) is 12.2 Å². The Bertz CT molecular complexity index is 1260. The third-order valence-corrected chi connectivity index (χ3v) is 6.88. The lowest BCUT2D eigenvalue weighted by atomic mass is 9.88. The van der Waals surface area contributed by atoms with Crippen molar-refractivity contribution in [3.8, 4) is 6.07 Å². The summed E-state index contributed by atoms with van der Waals surface area (Å²) >= 11 is 1.42. The number of nitriles is 1. The number of ether oxygens (including phenoxy) is 1. The second-order valence-corrected chi connectivity index (χ2v) is 9.07. The van der Waals surface area contributed by atoms with Crippen LogP contribution in [0.15, 0.2) is 48.0 Å². The summed E-state index contributed by atoms with van der Waals surface area (Å²) in [4.78, 5) is 26.8. The first-order chi connectivity index (χ1) is 15.5. The highest BCUT2D eigenvalue weighted by Gasteiger charge is 2.29. The van der Waals surface area contributed by atoms with E-state index in [0.29, 0.717) is 16.5 Å². The lowest BCUT2D eigenvalue weighted by Crippen LogP contribution is -2.17. The first-order valence-electron chi connectivity index (χ1n) is 10.7. The van der Waals surface area contributed by atoms with Crippen LogP contribution >= 0.6 is 11.3 Å². The predicted octanol–water partition coefficient (Wildman–Crippen LogP) is 5.75. The highest BCUT2D eigenvalue weighted by atomic mass is 32.1. The minimum Gasteiger partial charge on any atom is -0.462 e. The number of thiophene rings is 1. The van der Waals surface area contributed by atoms with E-state index in [1.807, 2.05) is 48.5 Å². The van der Waals surface area contributed by atoms with E-state index in [0.717, 1.165) is 46.0 Å². The lowest BCUT2D eigenvalue weighted by Gasteiger charge is -2.18. The second-order valence-electron chi connectivity index (χ2n) is 7.97. The maximum absolute atomic E-state index is 13.0. The molecule has 0 spiro atoms. The molecule has 1 heterocycles. The van der Waals surface area contributed by atoms with Gasteiger partial charge in [0.2, 0.25) is 0 Å². The van der Waals surface area contributed by atoms with E-state index in [1.54, 1.807) is 13.0 Å². The number of rotatable bonds is 5. The van der Waals surface area contributed by atoms with Gasteiger partial charge in [-0.15, -0.1) is 11.3 Å². The molecule has 0 saturated heterocycles. The quantitative estimate of drug-likeness (QED) is 0.309. The van der Waals surface area contributed by atoms with Crippen LogP contribution in [0.1, 0.15) is 46.6 Å². The Morgan fingerprint density at radius 1 is 1.25 bits per heavy atom. The zero-order chi connectivity index (χ0) is 22.7. The van der Waals surface area contributed by atoms with Gasteiger partial charge in [0.1, 0.15) is 16.6 Å². The number of nitrogens with zero attached hydrogens (tertiary/aromatic N) is 1. The van der Waals surface area contributed by atoms with Gasteiger partial charge in [0, 0.05) is 4.88 Å². The van der Waals surface area contributed by atoms with E-state index < -0.39 is 11.9 Å². The van der Waals surface area contributed by atoms with Gasteiger partial charge in [-0.2, -0.15) is 5.26 Å². The fourth-order valence-electron chi connectivity index (χ4n) is 4.11. The number of benzene rings is 2. The van der Waals surface area contributed by atoms with Gasteiger partial charge < -0.3 is 10.1 Å². The van der Waals surface area contributed by atoms with Crippen molar-refractivity contribution in [2.75, 3.05) is 11.9 Å². The molecule has 1 N–H and O–H groups in total. The van der Waals surface area contributed by atoms with Crippen molar-refractivity contribution in [3.05, 3.63) is 69.6 Å². The Hall–Kier alpha value is -3.43. The van der Waals surface area contributed by atoms with E-state index >= 15 is 0 Å². The molecule has 1 atom stereocenters. The third-order valence-electron chi connectivity index (χ3n) is 5.71. The maximum Gasteiger partial charge on any atom is 0.341 e. The molecule has 1 amide bonds. The largest absolute Gasteiger partial charge is 0.462 e. The number of fused-ring (bicyclic) bond motifs is 2. The maximum atomic E-state index is 13.0. The van der Waals surface area contributed by atoms with Crippen LogP contribution in [0.4, 0.5) is 5.00 Å². The fourth-order valence-corrected chi connectivity index (χ4v) is 5.50. The Kier molecular flexibility index (Phi) is 6.38. The first kappa shape index (κ1) is 21.8. The number of nitrogens with one attached hydrogen (secondary N) is 1. The minimum atomic E-state index is -0.530. The number of amides is 1. The van der Waals surface area contributed by atoms with Crippen LogP contribution < -0.4 is 5.32 Å². The van der Waals surface area contributed by atoms with Crippen LogP contribution in [0.5, 0.6) is 0 Å². The van der Waals surface area contributed by atoms with Crippen LogP contribution in [-0.4, -0.2) is 18.5 Å². The van der Waals surface area contributed by atoms with Crippen LogP contribution in [0.25, 0.3) is 16.8 Å². The second kappa shape index (κ2) is 9.37. The minimum absolute atomic E-state index is 0.0177. The Morgan fingerprint density at radius 2 is 2.03 bits per heavy atom. The zero-order valence-electron chi connectivity index (χ0n) is 18.1. The topological polar surface area (TPSA) is 79.2 Å². The summed E-state index contributed by atoms with van der Waals surface area (Å²) in [5.41, 5.74) is 2.18. The number of hydrogen-bond donors (Lipinski definition) is 1. The third kappa shape index (κ3) is 4.30. The number of anilines is 1. The van der Waals surface area contributed by atoms with Crippen molar-refractivity contribution in [1.82, 2.24) is 0 Å². The van der Waals surface area contributed by atoms with Crippen molar-refractivity contribution < 1.29 is 14.3 Å². The van der Waals surface area contributed by atoms with E-state index in [-0.39, 0.29) is 12.2 Å². The summed E-state index contributed by atoms with van der Waals surface area (Å²) in [6.07, 6.45) is 4.25. The van der Waals surface area contributed by atoms with E-state index in [1.165, 1.54) is 11.3 Å². The van der Waals surface area contributed by atoms with E-state index in [9.17, 15) is 14.9 Å². The van der Waals surface area contributed by atoms with Crippen LogP contribution in [-0.2, 0) is 22.4 Å². The summed E-state index contributed by atoms with van der Waals surface area (Å²) in [6, 6.07) is 15.6. The molecule has 1 aliphatic rings. The molecule has 1 aliphatic carbocycles. The molecule has 4 rings (SSSR count). The van der Waals surface area contributed by atoms with Gasteiger partial charge in [-0.25, -0.2) is 4.79 Å². The van der Waals surface area contributed by atoms with Gasteiger partial charge in [-0.3, -0.25) is 4.79 Å². The van der Waals surface area contributed by atoms with Crippen molar-refractivity contribution in [2.45, 2.75) is 33.1 Å². The van der Waals surface area contributed by atoms with E-state index in [4.69, 9.17) is 4.74 Å². The number of carbonyl (C=O) groups excluding carboxylic acids is 2. The summed E-state index contributed by atoms with van der Waals surface area (Å²) in [5.74, 6) is -0.426. The molecule has 0 aliphatic heterocycles. The normalized spacial score (nSPS) is 15.7. The SMILES string of the molecule is CCOC(=O)c1c(NC(=O)/C(C#N)=C/c2cccc3ccccc23)sc2c1CCC(C)C2. The van der Waals surface area contributed by atoms with Crippen molar-refractivity contribution >= 4 is 45.1 Å². The molecular formula is C26H24N2O3S. The average Bonchev–Trinajstić information content (AvgIpc) is 3.14. The molecule has 0 bridgehead atoms. The molecular weight excluding hydrogens is 420 g/mol.